The second kappa shape index (κ2) is 3.80. The minimum atomic E-state index is 0.894. The van der Waals surface area contributed by atoms with Crippen LogP contribution in [0.15, 0.2) is 46.0 Å². The number of hydrogen-bond donors (Lipinski definition) is 1. The summed E-state index contributed by atoms with van der Waals surface area (Å²) in [5.74, 6) is 0. The molecule has 0 amide bonds. The fraction of sp³-hybridized carbons (Fsp3) is 0. The lowest BCUT2D eigenvalue weighted by atomic mass is 10.1. The van der Waals surface area contributed by atoms with Crippen LogP contribution in [0, 0.1) is 0 Å². The van der Waals surface area contributed by atoms with Gasteiger partial charge in [-0.05, 0) is 16.8 Å². The van der Waals surface area contributed by atoms with Crippen molar-refractivity contribution in [2.75, 3.05) is 0 Å². The standard InChI is InChI=1S/C11H8BrNO/c12-11-6-5-8-3-1-2-4-9(8)10(11)7-13-14/h1-7,14H. The first-order chi connectivity index (χ1) is 6.83. The van der Waals surface area contributed by atoms with E-state index < -0.39 is 0 Å². The Kier molecular flexibility index (Phi) is 2.50. The van der Waals surface area contributed by atoms with E-state index in [9.17, 15) is 0 Å². The summed E-state index contributed by atoms with van der Waals surface area (Å²) in [7, 11) is 0. The average Bonchev–Trinajstić information content (AvgIpc) is 2.23. The lowest BCUT2D eigenvalue weighted by Gasteiger charge is -2.03. The van der Waals surface area contributed by atoms with Crippen LogP contribution in [0.1, 0.15) is 5.56 Å². The number of oxime groups is 1. The van der Waals surface area contributed by atoms with E-state index in [0.717, 1.165) is 20.8 Å². The first-order valence-corrected chi connectivity index (χ1v) is 4.97. The third-order valence-corrected chi connectivity index (χ3v) is 2.80. The van der Waals surface area contributed by atoms with Crippen molar-refractivity contribution in [2.24, 2.45) is 5.16 Å². The van der Waals surface area contributed by atoms with Crippen LogP contribution in [0.3, 0.4) is 0 Å². The van der Waals surface area contributed by atoms with Crippen molar-refractivity contribution >= 4 is 32.9 Å². The van der Waals surface area contributed by atoms with Crippen molar-refractivity contribution in [1.82, 2.24) is 0 Å². The molecule has 0 heterocycles. The molecule has 0 saturated heterocycles. The number of halogens is 1. The van der Waals surface area contributed by atoms with Crippen molar-refractivity contribution in [2.45, 2.75) is 0 Å². The molecule has 0 aliphatic carbocycles. The Labute approximate surface area is 90.0 Å². The average molecular weight is 250 g/mol. The molecule has 0 fully saturated rings. The molecule has 0 aliphatic rings. The highest BCUT2D eigenvalue weighted by atomic mass is 79.9. The molecular formula is C11H8BrNO. The van der Waals surface area contributed by atoms with E-state index in [1.54, 1.807) is 0 Å². The number of fused-ring (bicyclic) bond motifs is 1. The van der Waals surface area contributed by atoms with Gasteiger partial charge in [0.1, 0.15) is 0 Å². The molecule has 1 N–H and O–H groups in total. The van der Waals surface area contributed by atoms with Crippen LogP contribution in [0.25, 0.3) is 10.8 Å². The molecule has 0 atom stereocenters. The molecule has 0 radical (unpaired) electrons. The Morgan fingerprint density at radius 2 is 1.93 bits per heavy atom. The summed E-state index contributed by atoms with van der Waals surface area (Å²) in [6, 6.07) is 11.9. The fourth-order valence-corrected chi connectivity index (χ4v) is 1.91. The largest absolute Gasteiger partial charge is 0.411 e. The molecule has 14 heavy (non-hydrogen) atoms. The molecule has 0 bridgehead atoms. The maximum absolute atomic E-state index is 8.55. The Morgan fingerprint density at radius 3 is 2.71 bits per heavy atom. The molecule has 0 saturated carbocycles. The van der Waals surface area contributed by atoms with E-state index in [2.05, 4.69) is 21.1 Å². The summed E-state index contributed by atoms with van der Waals surface area (Å²) in [4.78, 5) is 0. The molecule has 2 rings (SSSR count). The Morgan fingerprint density at radius 1 is 1.14 bits per heavy atom. The van der Waals surface area contributed by atoms with Crippen LogP contribution < -0.4 is 0 Å². The predicted octanol–water partition coefficient (Wildman–Crippen LogP) is 3.41. The van der Waals surface area contributed by atoms with Gasteiger partial charge in [-0.25, -0.2) is 0 Å². The maximum atomic E-state index is 8.55. The Balaban J connectivity index is 2.82. The van der Waals surface area contributed by atoms with Gasteiger partial charge in [0.25, 0.3) is 0 Å². The van der Waals surface area contributed by atoms with Gasteiger partial charge in [-0.3, -0.25) is 0 Å². The molecule has 2 aromatic carbocycles. The second-order valence-corrected chi connectivity index (χ2v) is 3.78. The summed E-state index contributed by atoms with van der Waals surface area (Å²) in [6.45, 7) is 0. The minimum absolute atomic E-state index is 0.894. The molecule has 70 valence electrons. The molecule has 0 aliphatic heterocycles. The van der Waals surface area contributed by atoms with Crippen LogP contribution in [0.4, 0.5) is 0 Å². The highest BCUT2D eigenvalue weighted by Crippen LogP contribution is 2.24. The van der Waals surface area contributed by atoms with Crippen LogP contribution in [0.2, 0.25) is 0 Å². The van der Waals surface area contributed by atoms with E-state index in [1.165, 1.54) is 6.21 Å². The van der Waals surface area contributed by atoms with Gasteiger partial charge in [0, 0.05) is 10.0 Å². The number of benzene rings is 2. The number of nitrogens with zero attached hydrogens (tertiary/aromatic N) is 1. The summed E-state index contributed by atoms with van der Waals surface area (Å²) in [5.41, 5.74) is 0.894. The van der Waals surface area contributed by atoms with Crippen molar-refractivity contribution in [3.8, 4) is 0 Å². The van der Waals surface area contributed by atoms with Crippen molar-refractivity contribution in [1.29, 1.82) is 0 Å². The van der Waals surface area contributed by atoms with Crippen LogP contribution in [-0.4, -0.2) is 11.4 Å². The van der Waals surface area contributed by atoms with Gasteiger partial charge in [-0.2, -0.15) is 0 Å². The van der Waals surface area contributed by atoms with Gasteiger partial charge in [0.2, 0.25) is 0 Å². The van der Waals surface area contributed by atoms with Crippen molar-refractivity contribution in [3.63, 3.8) is 0 Å². The second-order valence-electron chi connectivity index (χ2n) is 2.93. The van der Waals surface area contributed by atoms with E-state index >= 15 is 0 Å². The molecule has 2 nitrogen and oxygen atoms in total. The summed E-state index contributed by atoms with van der Waals surface area (Å²) < 4.78 is 0.925. The predicted molar refractivity (Wildman–Crippen MR) is 61.0 cm³/mol. The van der Waals surface area contributed by atoms with Crippen molar-refractivity contribution in [3.05, 3.63) is 46.4 Å². The summed E-state index contributed by atoms with van der Waals surface area (Å²) in [6.07, 6.45) is 1.44. The summed E-state index contributed by atoms with van der Waals surface area (Å²) in [5, 5.41) is 13.8. The zero-order valence-corrected chi connectivity index (χ0v) is 8.90. The normalized spacial score (nSPS) is 11.2. The lowest BCUT2D eigenvalue weighted by Crippen LogP contribution is -1.86. The number of hydrogen-bond acceptors (Lipinski definition) is 2. The van der Waals surface area contributed by atoms with Crippen LogP contribution >= 0.6 is 15.9 Å². The van der Waals surface area contributed by atoms with Gasteiger partial charge in [-0.15, -0.1) is 0 Å². The first-order valence-electron chi connectivity index (χ1n) is 4.17. The molecule has 0 aromatic heterocycles. The van der Waals surface area contributed by atoms with Crippen LogP contribution in [0.5, 0.6) is 0 Å². The van der Waals surface area contributed by atoms with Gasteiger partial charge in [-0.1, -0.05) is 51.4 Å². The lowest BCUT2D eigenvalue weighted by molar-refractivity contribution is 0.322. The molecular weight excluding hydrogens is 242 g/mol. The first kappa shape index (κ1) is 9.21. The van der Waals surface area contributed by atoms with Gasteiger partial charge in [0.05, 0.1) is 6.21 Å². The van der Waals surface area contributed by atoms with Crippen LogP contribution in [-0.2, 0) is 0 Å². The SMILES string of the molecule is ON=Cc1c(Br)ccc2ccccc12. The number of rotatable bonds is 1. The fourth-order valence-electron chi connectivity index (χ4n) is 1.46. The van der Waals surface area contributed by atoms with Gasteiger partial charge >= 0.3 is 0 Å². The van der Waals surface area contributed by atoms with Crippen molar-refractivity contribution < 1.29 is 5.21 Å². The quantitative estimate of drug-likeness (QED) is 0.469. The molecule has 0 spiro atoms. The van der Waals surface area contributed by atoms with E-state index in [1.807, 2.05) is 36.4 Å². The van der Waals surface area contributed by atoms with E-state index in [4.69, 9.17) is 5.21 Å². The highest BCUT2D eigenvalue weighted by Gasteiger charge is 2.02. The zero-order valence-electron chi connectivity index (χ0n) is 7.31. The zero-order chi connectivity index (χ0) is 9.97. The Bertz CT molecular complexity index is 494. The molecule has 3 heteroatoms. The summed E-state index contributed by atoms with van der Waals surface area (Å²) >= 11 is 3.42. The van der Waals surface area contributed by atoms with E-state index in [-0.39, 0.29) is 0 Å². The van der Waals surface area contributed by atoms with Gasteiger partial charge < -0.3 is 5.21 Å². The Hall–Kier alpha value is -1.35. The monoisotopic (exact) mass is 249 g/mol. The third-order valence-electron chi connectivity index (χ3n) is 2.10. The highest BCUT2D eigenvalue weighted by molar-refractivity contribution is 9.10. The maximum Gasteiger partial charge on any atom is 0.0751 e. The smallest absolute Gasteiger partial charge is 0.0751 e. The van der Waals surface area contributed by atoms with E-state index in [0.29, 0.717) is 0 Å². The molecule has 0 unspecified atom stereocenters. The minimum Gasteiger partial charge on any atom is -0.411 e. The van der Waals surface area contributed by atoms with Gasteiger partial charge in [0.15, 0.2) is 0 Å². The topological polar surface area (TPSA) is 32.6 Å². The third kappa shape index (κ3) is 1.51. The molecule has 2 aromatic rings.